The Morgan fingerprint density at radius 2 is 2.25 bits per heavy atom. The minimum absolute atomic E-state index is 0.0218. The second-order valence-electron chi connectivity index (χ2n) is 3.29. The Bertz CT molecular complexity index is 177. The van der Waals surface area contributed by atoms with E-state index in [0.717, 1.165) is 25.5 Å². The van der Waals surface area contributed by atoms with E-state index in [-0.39, 0.29) is 18.0 Å². The quantitative estimate of drug-likeness (QED) is 0.463. The lowest BCUT2D eigenvalue weighted by atomic mass is 9.88. The highest BCUT2D eigenvalue weighted by molar-refractivity contribution is 5.66. The number of rotatable bonds is 2. The molecule has 0 saturated heterocycles. The highest BCUT2D eigenvalue weighted by atomic mass is 16.5. The van der Waals surface area contributed by atoms with Gasteiger partial charge in [0.05, 0.1) is 0 Å². The molecule has 3 heteroatoms. The number of hydrogen-bond acceptors (Lipinski definition) is 3. The summed E-state index contributed by atoms with van der Waals surface area (Å²) in [6.45, 7) is 1.41. The van der Waals surface area contributed by atoms with Crippen LogP contribution in [-0.2, 0) is 14.3 Å². The Kier molecular flexibility index (Phi) is 3.26. The number of carbonyl (C=O) groups is 2. The van der Waals surface area contributed by atoms with E-state index in [1.807, 2.05) is 0 Å². The molecule has 1 aliphatic rings. The van der Waals surface area contributed by atoms with Crippen LogP contribution >= 0.6 is 0 Å². The van der Waals surface area contributed by atoms with Crippen LogP contribution in [0.1, 0.15) is 32.6 Å². The molecule has 3 nitrogen and oxygen atoms in total. The fourth-order valence-corrected chi connectivity index (χ4v) is 1.65. The maximum absolute atomic E-state index is 10.6. The third kappa shape index (κ3) is 2.64. The van der Waals surface area contributed by atoms with Crippen LogP contribution in [0.25, 0.3) is 0 Å². The van der Waals surface area contributed by atoms with Gasteiger partial charge in [-0.15, -0.1) is 0 Å². The summed E-state index contributed by atoms with van der Waals surface area (Å²) in [6.07, 6.45) is 4.50. The van der Waals surface area contributed by atoms with Crippen molar-refractivity contribution in [3.05, 3.63) is 0 Å². The lowest BCUT2D eigenvalue weighted by molar-refractivity contribution is -0.149. The van der Waals surface area contributed by atoms with Crippen molar-refractivity contribution in [1.29, 1.82) is 0 Å². The summed E-state index contributed by atoms with van der Waals surface area (Å²) < 4.78 is 5.03. The first-order valence-electron chi connectivity index (χ1n) is 4.35. The van der Waals surface area contributed by atoms with E-state index < -0.39 is 0 Å². The van der Waals surface area contributed by atoms with Gasteiger partial charge in [-0.1, -0.05) is 0 Å². The minimum Gasteiger partial charge on any atom is -0.463 e. The average molecular weight is 170 g/mol. The Labute approximate surface area is 72.1 Å². The molecule has 0 bridgehead atoms. The molecule has 68 valence electrons. The summed E-state index contributed by atoms with van der Waals surface area (Å²) >= 11 is 0. The van der Waals surface area contributed by atoms with E-state index in [0.29, 0.717) is 6.42 Å². The number of hydrogen-bond donors (Lipinski definition) is 0. The number of aldehydes is 1. The standard InChI is InChI=1S/C9H14O3/c1-7(11)12-9-4-2-3-8(5-9)6-10/h6,8-9H,2-5H2,1H3. The van der Waals surface area contributed by atoms with Crippen LogP contribution in [-0.4, -0.2) is 18.4 Å². The minimum atomic E-state index is -0.244. The van der Waals surface area contributed by atoms with Crippen molar-refractivity contribution in [2.45, 2.75) is 38.7 Å². The van der Waals surface area contributed by atoms with Crippen molar-refractivity contribution < 1.29 is 14.3 Å². The highest BCUT2D eigenvalue weighted by Crippen LogP contribution is 2.24. The van der Waals surface area contributed by atoms with Crippen molar-refractivity contribution in [3.63, 3.8) is 0 Å². The van der Waals surface area contributed by atoms with Gasteiger partial charge in [0, 0.05) is 12.8 Å². The zero-order valence-corrected chi connectivity index (χ0v) is 7.29. The summed E-state index contributed by atoms with van der Waals surface area (Å²) in [4.78, 5) is 21.0. The fourth-order valence-electron chi connectivity index (χ4n) is 1.65. The lowest BCUT2D eigenvalue weighted by Gasteiger charge is -2.25. The van der Waals surface area contributed by atoms with E-state index in [4.69, 9.17) is 4.74 Å². The monoisotopic (exact) mass is 170 g/mol. The van der Waals surface area contributed by atoms with Gasteiger partial charge in [0.15, 0.2) is 0 Å². The summed E-state index contributed by atoms with van der Waals surface area (Å²) in [5, 5.41) is 0. The van der Waals surface area contributed by atoms with Crippen molar-refractivity contribution in [2.24, 2.45) is 5.92 Å². The van der Waals surface area contributed by atoms with Crippen molar-refractivity contribution in [2.75, 3.05) is 0 Å². The Morgan fingerprint density at radius 1 is 1.50 bits per heavy atom. The molecule has 1 rings (SSSR count). The maximum Gasteiger partial charge on any atom is 0.302 e. The molecule has 0 aromatic rings. The molecule has 0 amide bonds. The van der Waals surface area contributed by atoms with Gasteiger partial charge in [-0.2, -0.15) is 0 Å². The molecule has 2 atom stereocenters. The summed E-state index contributed by atoms with van der Waals surface area (Å²) in [5.74, 6) is -0.144. The Balaban J connectivity index is 2.35. The van der Waals surface area contributed by atoms with Crippen molar-refractivity contribution >= 4 is 12.3 Å². The molecule has 1 fully saturated rings. The smallest absolute Gasteiger partial charge is 0.302 e. The summed E-state index contributed by atoms with van der Waals surface area (Å²) in [7, 11) is 0. The first kappa shape index (κ1) is 9.23. The van der Waals surface area contributed by atoms with Crippen LogP contribution in [0.15, 0.2) is 0 Å². The summed E-state index contributed by atoms with van der Waals surface area (Å²) in [6, 6.07) is 0. The fraction of sp³-hybridized carbons (Fsp3) is 0.778. The molecule has 0 aromatic carbocycles. The molecule has 0 heterocycles. The molecule has 1 aliphatic carbocycles. The molecule has 12 heavy (non-hydrogen) atoms. The van der Waals surface area contributed by atoms with Gasteiger partial charge in [-0.25, -0.2) is 0 Å². The number of esters is 1. The van der Waals surface area contributed by atoms with Gasteiger partial charge in [0.25, 0.3) is 0 Å². The summed E-state index contributed by atoms with van der Waals surface area (Å²) in [5.41, 5.74) is 0. The van der Waals surface area contributed by atoms with E-state index in [2.05, 4.69) is 0 Å². The van der Waals surface area contributed by atoms with Gasteiger partial charge < -0.3 is 9.53 Å². The van der Waals surface area contributed by atoms with Crippen LogP contribution in [0.3, 0.4) is 0 Å². The first-order chi connectivity index (χ1) is 5.72. The van der Waals surface area contributed by atoms with Gasteiger partial charge in [-0.3, -0.25) is 4.79 Å². The zero-order chi connectivity index (χ0) is 8.97. The second kappa shape index (κ2) is 4.24. The van der Waals surface area contributed by atoms with E-state index in [9.17, 15) is 9.59 Å². The number of ether oxygens (including phenoxy) is 1. The molecular weight excluding hydrogens is 156 g/mol. The topological polar surface area (TPSA) is 43.4 Å². The normalized spacial score (nSPS) is 29.4. The first-order valence-corrected chi connectivity index (χ1v) is 4.35. The van der Waals surface area contributed by atoms with Gasteiger partial charge in [0.2, 0.25) is 0 Å². The van der Waals surface area contributed by atoms with Crippen LogP contribution in [0, 0.1) is 5.92 Å². The van der Waals surface area contributed by atoms with Crippen LogP contribution in [0.4, 0.5) is 0 Å². The molecule has 0 N–H and O–H groups in total. The molecule has 2 unspecified atom stereocenters. The lowest BCUT2D eigenvalue weighted by Crippen LogP contribution is -2.25. The van der Waals surface area contributed by atoms with Gasteiger partial charge in [0.1, 0.15) is 12.4 Å². The van der Waals surface area contributed by atoms with Gasteiger partial charge in [-0.05, 0) is 25.7 Å². The average Bonchev–Trinajstić information content (AvgIpc) is 2.03. The van der Waals surface area contributed by atoms with Crippen molar-refractivity contribution in [1.82, 2.24) is 0 Å². The molecular formula is C9H14O3. The zero-order valence-electron chi connectivity index (χ0n) is 7.29. The van der Waals surface area contributed by atoms with E-state index in [1.54, 1.807) is 0 Å². The van der Waals surface area contributed by atoms with E-state index >= 15 is 0 Å². The van der Waals surface area contributed by atoms with E-state index in [1.165, 1.54) is 6.92 Å². The van der Waals surface area contributed by atoms with Crippen molar-refractivity contribution in [3.8, 4) is 0 Å². The number of carbonyl (C=O) groups excluding carboxylic acids is 2. The molecule has 1 saturated carbocycles. The molecule has 0 radical (unpaired) electrons. The highest BCUT2D eigenvalue weighted by Gasteiger charge is 2.23. The molecule has 0 aromatic heterocycles. The Hall–Kier alpha value is -0.860. The predicted octanol–water partition coefficient (Wildman–Crippen LogP) is 1.31. The molecule has 0 spiro atoms. The maximum atomic E-state index is 10.6. The third-order valence-corrected chi connectivity index (χ3v) is 2.19. The van der Waals surface area contributed by atoms with Crippen LogP contribution < -0.4 is 0 Å². The predicted molar refractivity (Wildman–Crippen MR) is 43.6 cm³/mol. The van der Waals surface area contributed by atoms with Gasteiger partial charge >= 0.3 is 5.97 Å². The molecule has 0 aliphatic heterocycles. The SMILES string of the molecule is CC(=O)OC1CCCC(C=O)C1. The largest absolute Gasteiger partial charge is 0.463 e. The third-order valence-electron chi connectivity index (χ3n) is 2.19. The van der Waals surface area contributed by atoms with Crippen LogP contribution in [0.5, 0.6) is 0 Å². The second-order valence-corrected chi connectivity index (χ2v) is 3.29. The Morgan fingerprint density at radius 3 is 2.83 bits per heavy atom. The van der Waals surface area contributed by atoms with Crippen LogP contribution in [0.2, 0.25) is 0 Å².